The second-order valence-corrected chi connectivity index (χ2v) is 4.87. The van der Waals surface area contributed by atoms with Gasteiger partial charge in [-0.05, 0) is 43.0 Å². The van der Waals surface area contributed by atoms with Crippen molar-refractivity contribution in [3.8, 4) is 0 Å². The Morgan fingerprint density at radius 1 is 1.41 bits per heavy atom. The van der Waals surface area contributed by atoms with Crippen molar-refractivity contribution in [1.82, 2.24) is 5.32 Å². The summed E-state index contributed by atoms with van der Waals surface area (Å²) in [6, 6.07) is 6.34. The summed E-state index contributed by atoms with van der Waals surface area (Å²) < 4.78 is 0. The highest BCUT2D eigenvalue weighted by Gasteiger charge is 2.14. The van der Waals surface area contributed by atoms with Gasteiger partial charge in [-0.2, -0.15) is 0 Å². The van der Waals surface area contributed by atoms with E-state index in [1.807, 2.05) is 19.1 Å². The number of hydrogen-bond donors (Lipinski definition) is 2. The first-order valence-electron chi connectivity index (χ1n) is 6.29. The number of carbonyl (C=O) groups excluding carboxylic acids is 1. The first-order valence-corrected chi connectivity index (χ1v) is 6.29. The molecule has 3 heteroatoms. The van der Waals surface area contributed by atoms with Gasteiger partial charge in [-0.1, -0.05) is 18.9 Å². The second kappa shape index (κ2) is 5.32. The standard InChI is InChI=1S/C14H20N2O/c1-10-8-11(14(15)17)6-7-12(10)9-16-13-4-2-3-5-13/h6-8,13,16H,2-5,9H2,1H3,(H2,15,17). The van der Waals surface area contributed by atoms with Crippen LogP contribution in [0, 0.1) is 6.92 Å². The van der Waals surface area contributed by atoms with Gasteiger partial charge >= 0.3 is 0 Å². The molecule has 3 nitrogen and oxygen atoms in total. The Kier molecular flexibility index (Phi) is 3.79. The average Bonchev–Trinajstić information content (AvgIpc) is 2.80. The molecule has 0 atom stereocenters. The van der Waals surface area contributed by atoms with Crippen LogP contribution < -0.4 is 11.1 Å². The smallest absolute Gasteiger partial charge is 0.248 e. The second-order valence-electron chi connectivity index (χ2n) is 4.87. The van der Waals surface area contributed by atoms with Crippen LogP contribution in [0.5, 0.6) is 0 Å². The quantitative estimate of drug-likeness (QED) is 0.835. The van der Waals surface area contributed by atoms with Crippen LogP contribution in [0.1, 0.15) is 47.2 Å². The normalized spacial score (nSPS) is 16.3. The lowest BCUT2D eigenvalue weighted by atomic mass is 10.0. The Morgan fingerprint density at radius 3 is 2.71 bits per heavy atom. The van der Waals surface area contributed by atoms with Crippen molar-refractivity contribution >= 4 is 5.91 Å². The molecule has 1 fully saturated rings. The highest BCUT2D eigenvalue weighted by Crippen LogP contribution is 2.19. The number of primary amides is 1. The van der Waals surface area contributed by atoms with E-state index < -0.39 is 0 Å². The zero-order valence-electron chi connectivity index (χ0n) is 10.3. The zero-order valence-corrected chi connectivity index (χ0v) is 10.3. The largest absolute Gasteiger partial charge is 0.366 e. The average molecular weight is 232 g/mol. The van der Waals surface area contributed by atoms with Gasteiger partial charge in [-0.15, -0.1) is 0 Å². The number of hydrogen-bond acceptors (Lipinski definition) is 2. The summed E-state index contributed by atoms with van der Waals surface area (Å²) in [5, 5.41) is 3.57. The lowest BCUT2D eigenvalue weighted by Crippen LogP contribution is -2.25. The van der Waals surface area contributed by atoms with E-state index in [0.717, 1.165) is 12.1 Å². The maximum atomic E-state index is 11.0. The van der Waals surface area contributed by atoms with Crippen LogP contribution in [0.4, 0.5) is 0 Å². The Balaban J connectivity index is 1.98. The Labute approximate surface area is 102 Å². The molecule has 0 heterocycles. The van der Waals surface area contributed by atoms with Gasteiger partial charge in [0.15, 0.2) is 0 Å². The van der Waals surface area contributed by atoms with E-state index in [2.05, 4.69) is 5.32 Å². The number of nitrogens with one attached hydrogen (secondary N) is 1. The SMILES string of the molecule is Cc1cc(C(N)=O)ccc1CNC1CCCC1. The van der Waals surface area contributed by atoms with E-state index in [9.17, 15) is 4.79 Å². The van der Waals surface area contributed by atoms with Crippen LogP contribution in [0.15, 0.2) is 18.2 Å². The first kappa shape index (κ1) is 12.1. The van der Waals surface area contributed by atoms with Crippen LogP contribution >= 0.6 is 0 Å². The summed E-state index contributed by atoms with van der Waals surface area (Å²) in [6.45, 7) is 2.91. The van der Waals surface area contributed by atoms with Crippen LogP contribution in [-0.4, -0.2) is 11.9 Å². The number of nitrogens with two attached hydrogens (primary N) is 1. The van der Waals surface area contributed by atoms with Crippen molar-refractivity contribution in [3.05, 3.63) is 34.9 Å². The van der Waals surface area contributed by atoms with Gasteiger partial charge in [0.25, 0.3) is 0 Å². The molecule has 0 saturated heterocycles. The van der Waals surface area contributed by atoms with Crippen molar-refractivity contribution in [2.24, 2.45) is 5.73 Å². The molecule has 2 rings (SSSR count). The maximum absolute atomic E-state index is 11.0. The van der Waals surface area contributed by atoms with Crippen molar-refractivity contribution in [1.29, 1.82) is 0 Å². The minimum atomic E-state index is -0.358. The molecule has 92 valence electrons. The predicted molar refractivity (Wildman–Crippen MR) is 68.8 cm³/mol. The third-order valence-corrected chi connectivity index (χ3v) is 3.56. The maximum Gasteiger partial charge on any atom is 0.248 e. The van der Waals surface area contributed by atoms with Gasteiger partial charge in [0.2, 0.25) is 5.91 Å². The summed E-state index contributed by atoms with van der Waals surface area (Å²) in [4.78, 5) is 11.0. The Hall–Kier alpha value is -1.35. The molecule has 1 aliphatic carbocycles. The molecule has 1 amide bonds. The molecule has 1 aliphatic rings. The molecule has 1 saturated carbocycles. The monoisotopic (exact) mass is 232 g/mol. The molecule has 0 radical (unpaired) electrons. The van der Waals surface area contributed by atoms with Crippen LogP contribution in [0.2, 0.25) is 0 Å². The molecule has 0 bridgehead atoms. The molecule has 0 aliphatic heterocycles. The molecular formula is C14H20N2O. The summed E-state index contributed by atoms with van der Waals surface area (Å²) in [5.41, 5.74) is 8.22. The lowest BCUT2D eigenvalue weighted by Gasteiger charge is -2.13. The van der Waals surface area contributed by atoms with Crippen molar-refractivity contribution < 1.29 is 4.79 Å². The lowest BCUT2D eigenvalue weighted by molar-refractivity contribution is 0.1000. The predicted octanol–water partition coefficient (Wildman–Crippen LogP) is 2.13. The van der Waals surface area contributed by atoms with Gasteiger partial charge in [-0.3, -0.25) is 4.79 Å². The van der Waals surface area contributed by atoms with Gasteiger partial charge in [0.1, 0.15) is 0 Å². The molecule has 0 aromatic heterocycles. The van der Waals surface area contributed by atoms with Gasteiger partial charge in [0, 0.05) is 18.2 Å². The molecule has 3 N–H and O–H groups in total. The molecule has 0 unspecified atom stereocenters. The molecule has 17 heavy (non-hydrogen) atoms. The molecule has 0 spiro atoms. The number of aryl methyl sites for hydroxylation is 1. The first-order chi connectivity index (χ1) is 8.16. The highest BCUT2D eigenvalue weighted by atomic mass is 16.1. The van der Waals surface area contributed by atoms with Crippen molar-refractivity contribution in [3.63, 3.8) is 0 Å². The third-order valence-electron chi connectivity index (χ3n) is 3.56. The fraction of sp³-hybridized carbons (Fsp3) is 0.500. The number of amides is 1. The topological polar surface area (TPSA) is 55.1 Å². The van der Waals surface area contributed by atoms with E-state index in [1.165, 1.54) is 31.2 Å². The summed E-state index contributed by atoms with van der Waals surface area (Å²) >= 11 is 0. The number of benzene rings is 1. The van der Waals surface area contributed by atoms with Crippen molar-refractivity contribution in [2.45, 2.75) is 45.2 Å². The fourth-order valence-corrected chi connectivity index (χ4v) is 2.43. The molecule has 1 aromatic carbocycles. The van der Waals surface area contributed by atoms with E-state index in [-0.39, 0.29) is 5.91 Å². The third kappa shape index (κ3) is 3.07. The van der Waals surface area contributed by atoms with E-state index >= 15 is 0 Å². The minimum Gasteiger partial charge on any atom is -0.366 e. The Morgan fingerprint density at radius 2 is 2.12 bits per heavy atom. The van der Waals surface area contributed by atoms with Gasteiger partial charge < -0.3 is 11.1 Å². The minimum absolute atomic E-state index is 0.358. The summed E-state index contributed by atoms with van der Waals surface area (Å²) in [5.74, 6) is -0.358. The Bertz CT molecular complexity index is 409. The van der Waals surface area contributed by atoms with Crippen LogP contribution in [0.25, 0.3) is 0 Å². The zero-order chi connectivity index (χ0) is 12.3. The van der Waals surface area contributed by atoms with Crippen LogP contribution in [0.3, 0.4) is 0 Å². The number of carbonyl (C=O) groups is 1. The highest BCUT2D eigenvalue weighted by molar-refractivity contribution is 5.93. The van der Waals surface area contributed by atoms with E-state index in [0.29, 0.717) is 11.6 Å². The van der Waals surface area contributed by atoms with Gasteiger partial charge in [-0.25, -0.2) is 0 Å². The van der Waals surface area contributed by atoms with Crippen molar-refractivity contribution in [2.75, 3.05) is 0 Å². The van der Waals surface area contributed by atoms with Crippen LogP contribution in [-0.2, 0) is 6.54 Å². The summed E-state index contributed by atoms with van der Waals surface area (Å²) in [6.07, 6.45) is 5.27. The number of rotatable bonds is 4. The molecular weight excluding hydrogens is 212 g/mol. The molecule has 1 aromatic rings. The summed E-state index contributed by atoms with van der Waals surface area (Å²) in [7, 11) is 0. The fourth-order valence-electron chi connectivity index (χ4n) is 2.43. The van der Waals surface area contributed by atoms with E-state index in [1.54, 1.807) is 6.07 Å². The van der Waals surface area contributed by atoms with Gasteiger partial charge in [0.05, 0.1) is 0 Å². The van der Waals surface area contributed by atoms with E-state index in [4.69, 9.17) is 5.73 Å².